The minimum absolute atomic E-state index is 0.602. The third kappa shape index (κ3) is 3.69. The van der Waals surface area contributed by atoms with Gasteiger partial charge in [0.1, 0.15) is 5.76 Å². The fraction of sp³-hybridized carbons (Fsp3) is 0.375. The van der Waals surface area contributed by atoms with Crippen molar-refractivity contribution in [2.45, 2.75) is 33.5 Å². The second-order valence-corrected chi connectivity index (χ2v) is 4.85. The summed E-state index contributed by atoms with van der Waals surface area (Å²) in [6, 6.07) is 10.4. The van der Waals surface area contributed by atoms with Gasteiger partial charge in [0.15, 0.2) is 0 Å². The largest absolute Gasteiger partial charge is 0.468 e. The first kappa shape index (κ1) is 13.8. The Hall–Kier alpha value is -1.58. The van der Waals surface area contributed by atoms with Crippen LogP contribution in [0.4, 0.5) is 0 Å². The third-order valence-corrected chi connectivity index (χ3v) is 3.44. The molecule has 0 aliphatic heterocycles. The first-order valence-electron chi connectivity index (χ1n) is 6.76. The van der Waals surface area contributed by atoms with Crippen molar-refractivity contribution in [3.05, 3.63) is 59.0 Å². The van der Waals surface area contributed by atoms with Crippen molar-refractivity contribution in [1.29, 1.82) is 0 Å². The second-order valence-electron chi connectivity index (χ2n) is 4.85. The van der Waals surface area contributed by atoms with Gasteiger partial charge >= 0.3 is 0 Å². The van der Waals surface area contributed by atoms with Gasteiger partial charge < -0.3 is 10.2 Å². The van der Waals surface area contributed by atoms with E-state index in [0.717, 1.165) is 25.4 Å². The van der Waals surface area contributed by atoms with E-state index in [1.165, 1.54) is 16.7 Å². The predicted octanol–water partition coefficient (Wildman–Crippen LogP) is 3.07. The molecule has 3 heteroatoms. The minimum atomic E-state index is 0.602. The summed E-state index contributed by atoms with van der Waals surface area (Å²) in [5.41, 5.74) is 9.51. The molecular formula is C16H22N2O. The Morgan fingerprint density at radius 3 is 2.63 bits per heavy atom. The molecule has 1 aromatic carbocycles. The predicted molar refractivity (Wildman–Crippen MR) is 77.6 cm³/mol. The van der Waals surface area contributed by atoms with Crippen LogP contribution in [0, 0.1) is 6.92 Å². The number of nitrogens with zero attached hydrogens (tertiary/aromatic N) is 1. The van der Waals surface area contributed by atoms with Crippen LogP contribution in [-0.4, -0.2) is 11.4 Å². The van der Waals surface area contributed by atoms with E-state index in [1.807, 2.05) is 12.1 Å². The third-order valence-electron chi connectivity index (χ3n) is 3.44. The smallest absolute Gasteiger partial charge is 0.117 e. The molecule has 0 atom stereocenters. The molecule has 0 saturated heterocycles. The van der Waals surface area contributed by atoms with Crippen LogP contribution in [0.15, 0.2) is 41.0 Å². The summed E-state index contributed by atoms with van der Waals surface area (Å²) < 4.78 is 5.41. The van der Waals surface area contributed by atoms with Crippen molar-refractivity contribution in [1.82, 2.24) is 4.90 Å². The molecule has 0 amide bonds. The maximum absolute atomic E-state index is 5.66. The average molecular weight is 258 g/mol. The molecule has 0 saturated carbocycles. The highest BCUT2D eigenvalue weighted by molar-refractivity contribution is 5.31. The number of benzene rings is 1. The monoisotopic (exact) mass is 258 g/mol. The van der Waals surface area contributed by atoms with Gasteiger partial charge in [-0.2, -0.15) is 0 Å². The summed E-state index contributed by atoms with van der Waals surface area (Å²) in [4.78, 5) is 2.36. The minimum Gasteiger partial charge on any atom is -0.468 e. The first-order valence-corrected chi connectivity index (χ1v) is 6.76. The van der Waals surface area contributed by atoms with Gasteiger partial charge in [0, 0.05) is 13.1 Å². The molecule has 0 spiro atoms. The molecule has 102 valence electrons. The van der Waals surface area contributed by atoms with Crippen LogP contribution in [-0.2, 0) is 19.6 Å². The van der Waals surface area contributed by atoms with Gasteiger partial charge in [0.2, 0.25) is 0 Å². The quantitative estimate of drug-likeness (QED) is 0.866. The fourth-order valence-electron chi connectivity index (χ4n) is 2.21. The zero-order valence-corrected chi connectivity index (χ0v) is 11.7. The average Bonchev–Trinajstić information content (AvgIpc) is 2.92. The highest BCUT2D eigenvalue weighted by Crippen LogP contribution is 2.15. The molecule has 0 bridgehead atoms. The number of hydrogen-bond donors (Lipinski definition) is 1. The standard InChI is InChI=1S/C16H22N2O/c1-3-18(12-16-5-4-8-19-16)11-15-7-6-14(10-17)9-13(15)2/h4-9H,3,10-12,17H2,1-2H3. The van der Waals surface area contributed by atoms with Gasteiger partial charge in [-0.3, -0.25) is 4.90 Å². The molecule has 3 nitrogen and oxygen atoms in total. The lowest BCUT2D eigenvalue weighted by molar-refractivity contribution is 0.247. The normalized spacial score (nSPS) is 11.2. The highest BCUT2D eigenvalue weighted by Gasteiger charge is 2.08. The van der Waals surface area contributed by atoms with E-state index < -0.39 is 0 Å². The van der Waals surface area contributed by atoms with Gasteiger partial charge in [-0.25, -0.2) is 0 Å². The summed E-state index contributed by atoms with van der Waals surface area (Å²) >= 11 is 0. The number of rotatable bonds is 6. The Kier molecular flexibility index (Phi) is 4.77. The lowest BCUT2D eigenvalue weighted by Crippen LogP contribution is -2.22. The summed E-state index contributed by atoms with van der Waals surface area (Å²) in [7, 11) is 0. The van der Waals surface area contributed by atoms with Gasteiger partial charge in [-0.05, 0) is 42.3 Å². The summed E-state index contributed by atoms with van der Waals surface area (Å²) in [5.74, 6) is 1.01. The topological polar surface area (TPSA) is 42.4 Å². The van der Waals surface area contributed by atoms with Crippen LogP contribution in [0.25, 0.3) is 0 Å². The van der Waals surface area contributed by atoms with E-state index >= 15 is 0 Å². The van der Waals surface area contributed by atoms with Crippen LogP contribution in [0.2, 0.25) is 0 Å². The molecule has 19 heavy (non-hydrogen) atoms. The fourth-order valence-corrected chi connectivity index (χ4v) is 2.21. The number of nitrogens with two attached hydrogens (primary N) is 1. The molecule has 2 rings (SSSR count). The molecule has 1 heterocycles. The summed E-state index contributed by atoms with van der Waals surface area (Å²) in [5, 5.41) is 0. The summed E-state index contributed by atoms with van der Waals surface area (Å²) in [6.07, 6.45) is 1.73. The zero-order chi connectivity index (χ0) is 13.7. The first-order chi connectivity index (χ1) is 9.22. The van der Waals surface area contributed by atoms with Crippen molar-refractivity contribution >= 4 is 0 Å². The van der Waals surface area contributed by atoms with Crippen LogP contribution in [0.5, 0.6) is 0 Å². The van der Waals surface area contributed by atoms with Gasteiger partial charge in [-0.1, -0.05) is 25.1 Å². The van der Waals surface area contributed by atoms with Gasteiger partial charge in [0.05, 0.1) is 12.8 Å². The Balaban J connectivity index is 2.05. The highest BCUT2D eigenvalue weighted by atomic mass is 16.3. The van der Waals surface area contributed by atoms with Crippen molar-refractivity contribution < 1.29 is 4.42 Å². The van der Waals surface area contributed by atoms with Crippen molar-refractivity contribution in [3.63, 3.8) is 0 Å². The van der Waals surface area contributed by atoms with Crippen LogP contribution < -0.4 is 5.73 Å². The van der Waals surface area contributed by atoms with Crippen molar-refractivity contribution in [2.75, 3.05) is 6.54 Å². The van der Waals surface area contributed by atoms with Crippen LogP contribution in [0.1, 0.15) is 29.4 Å². The number of aryl methyl sites for hydroxylation is 1. The Labute approximate surface area is 115 Å². The van der Waals surface area contributed by atoms with Crippen LogP contribution >= 0.6 is 0 Å². The second kappa shape index (κ2) is 6.55. The lowest BCUT2D eigenvalue weighted by atomic mass is 10.0. The Morgan fingerprint density at radius 2 is 2.05 bits per heavy atom. The molecule has 1 aromatic heterocycles. The number of furan rings is 1. The number of hydrogen-bond acceptors (Lipinski definition) is 3. The molecule has 0 unspecified atom stereocenters. The Bertz CT molecular complexity index is 505. The van der Waals surface area contributed by atoms with Crippen molar-refractivity contribution in [2.24, 2.45) is 5.73 Å². The molecule has 2 N–H and O–H groups in total. The molecule has 0 radical (unpaired) electrons. The molecule has 2 aromatic rings. The van der Waals surface area contributed by atoms with Gasteiger partial charge in [0.25, 0.3) is 0 Å². The lowest BCUT2D eigenvalue weighted by Gasteiger charge is -2.20. The molecule has 0 fully saturated rings. The SMILES string of the molecule is CCN(Cc1ccco1)Cc1ccc(CN)cc1C. The molecule has 0 aliphatic rings. The summed E-state index contributed by atoms with van der Waals surface area (Å²) in [6.45, 7) is 7.71. The van der Waals surface area contributed by atoms with E-state index in [9.17, 15) is 0 Å². The maximum Gasteiger partial charge on any atom is 0.117 e. The van der Waals surface area contributed by atoms with E-state index in [1.54, 1.807) is 6.26 Å². The zero-order valence-electron chi connectivity index (χ0n) is 11.7. The van der Waals surface area contributed by atoms with Crippen LogP contribution in [0.3, 0.4) is 0 Å². The van der Waals surface area contributed by atoms with E-state index in [0.29, 0.717) is 6.54 Å². The Morgan fingerprint density at radius 1 is 1.21 bits per heavy atom. The van der Waals surface area contributed by atoms with E-state index in [2.05, 4.69) is 36.9 Å². The van der Waals surface area contributed by atoms with Gasteiger partial charge in [-0.15, -0.1) is 0 Å². The van der Waals surface area contributed by atoms with E-state index in [4.69, 9.17) is 10.2 Å². The molecular weight excluding hydrogens is 236 g/mol. The van der Waals surface area contributed by atoms with E-state index in [-0.39, 0.29) is 0 Å². The molecule has 0 aliphatic carbocycles. The maximum atomic E-state index is 5.66. The van der Waals surface area contributed by atoms with Crippen molar-refractivity contribution in [3.8, 4) is 0 Å².